The van der Waals surface area contributed by atoms with Crippen molar-refractivity contribution in [2.75, 3.05) is 19.6 Å². The van der Waals surface area contributed by atoms with E-state index >= 15 is 0 Å². The van der Waals surface area contributed by atoms with Crippen molar-refractivity contribution < 1.29 is 0 Å². The van der Waals surface area contributed by atoms with E-state index in [1.54, 1.807) is 0 Å². The lowest BCUT2D eigenvalue weighted by Crippen LogP contribution is -2.42. The molecule has 1 aliphatic heterocycles. The van der Waals surface area contributed by atoms with Gasteiger partial charge in [0.25, 0.3) is 0 Å². The molecule has 0 aliphatic carbocycles. The Morgan fingerprint density at radius 3 is 2.71 bits per heavy atom. The molecule has 0 spiro atoms. The summed E-state index contributed by atoms with van der Waals surface area (Å²) < 4.78 is 0. The molecule has 0 amide bonds. The zero-order valence-corrected chi connectivity index (χ0v) is 9.51. The summed E-state index contributed by atoms with van der Waals surface area (Å²) in [7, 11) is 0. The van der Waals surface area contributed by atoms with Gasteiger partial charge >= 0.3 is 0 Å². The number of rotatable bonds is 3. The van der Waals surface area contributed by atoms with Gasteiger partial charge in [0.2, 0.25) is 0 Å². The van der Waals surface area contributed by atoms with E-state index in [0.29, 0.717) is 12.5 Å². The second-order valence-electron chi connectivity index (χ2n) is 4.96. The third-order valence-corrected chi connectivity index (χ3v) is 2.81. The highest BCUT2D eigenvalue weighted by atomic mass is 15.2. The molecule has 1 unspecified atom stereocenters. The molecule has 1 rings (SSSR count). The minimum absolute atomic E-state index is 0.283. The average molecular weight is 195 g/mol. The first kappa shape index (κ1) is 11.5. The van der Waals surface area contributed by atoms with Crippen molar-refractivity contribution in [2.24, 2.45) is 0 Å². The molecule has 1 heterocycles. The molecule has 0 aromatic heterocycles. The lowest BCUT2D eigenvalue weighted by molar-refractivity contribution is 0.171. The highest BCUT2D eigenvalue weighted by Crippen LogP contribution is 2.20. The highest BCUT2D eigenvalue weighted by Gasteiger charge is 2.29. The molecule has 1 aliphatic rings. The number of hydrogen-bond acceptors (Lipinski definition) is 3. The third kappa shape index (κ3) is 3.28. The molecule has 0 radical (unpaired) electrons. The van der Waals surface area contributed by atoms with E-state index in [2.05, 4.69) is 37.1 Å². The Hall–Kier alpha value is -0.590. The van der Waals surface area contributed by atoms with Crippen LogP contribution in [0.2, 0.25) is 0 Å². The molecule has 0 aromatic carbocycles. The van der Waals surface area contributed by atoms with Gasteiger partial charge in [0, 0.05) is 37.6 Å². The molecule has 0 bridgehead atoms. The molecule has 1 N–H and O–H groups in total. The minimum atomic E-state index is 0.283. The summed E-state index contributed by atoms with van der Waals surface area (Å²) >= 11 is 0. The Labute approximate surface area is 87.1 Å². The fourth-order valence-electron chi connectivity index (χ4n) is 1.87. The largest absolute Gasteiger partial charge is 0.312 e. The first-order chi connectivity index (χ1) is 6.54. The fraction of sp³-hybridized carbons (Fsp3) is 0.909. The van der Waals surface area contributed by atoms with Gasteiger partial charge < -0.3 is 5.32 Å². The standard InChI is InChI=1S/C11H21N3/c1-11(2,3)14-8-5-10(9-14)13-7-4-6-12/h10,13H,4-5,7-9H2,1-3H3. The van der Waals surface area contributed by atoms with Gasteiger partial charge in [0.05, 0.1) is 6.07 Å². The zero-order valence-electron chi connectivity index (χ0n) is 9.51. The Kier molecular flexibility index (Phi) is 3.91. The number of nitrogens with one attached hydrogen (secondary N) is 1. The summed E-state index contributed by atoms with van der Waals surface area (Å²) in [6.07, 6.45) is 1.83. The molecule has 3 heteroatoms. The van der Waals surface area contributed by atoms with E-state index in [0.717, 1.165) is 13.1 Å². The highest BCUT2D eigenvalue weighted by molar-refractivity contribution is 4.88. The monoisotopic (exact) mass is 195 g/mol. The van der Waals surface area contributed by atoms with Gasteiger partial charge in [-0.25, -0.2) is 0 Å². The minimum Gasteiger partial charge on any atom is -0.312 e. The normalized spacial score (nSPS) is 23.7. The summed E-state index contributed by atoms with van der Waals surface area (Å²) in [4.78, 5) is 2.50. The fourth-order valence-corrected chi connectivity index (χ4v) is 1.87. The van der Waals surface area contributed by atoms with Gasteiger partial charge in [-0.1, -0.05) is 0 Å². The van der Waals surface area contributed by atoms with Crippen molar-refractivity contribution in [1.82, 2.24) is 10.2 Å². The van der Waals surface area contributed by atoms with Gasteiger partial charge in [0.15, 0.2) is 0 Å². The SMILES string of the molecule is CC(C)(C)N1CCC(NCCC#N)C1. The van der Waals surface area contributed by atoms with Crippen LogP contribution in [-0.2, 0) is 0 Å². The van der Waals surface area contributed by atoms with Gasteiger partial charge in [-0.05, 0) is 27.2 Å². The quantitative estimate of drug-likeness (QED) is 0.691. The first-order valence-corrected chi connectivity index (χ1v) is 5.39. The summed E-state index contributed by atoms with van der Waals surface area (Å²) in [6.45, 7) is 9.89. The molecule has 1 fully saturated rings. The van der Waals surface area contributed by atoms with Crippen LogP contribution in [0.4, 0.5) is 0 Å². The predicted molar refractivity (Wildman–Crippen MR) is 58.0 cm³/mol. The number of nitriles is 1. The van der Waals surface area contributed by atoms with E-state index < -0.39 is 0 Å². The lowest BCUT2D eigenvalue weighted by atomic mass is 10.1. The summed E-state index contributed by atoms with van der Waals surface area (Å²) in [5.74, 6) is 0. The number of nitrogens with zero attached hydrogens (tertiary/aromatic N) is 2. The number of hydrogen-bond donors (Lipinski definition) is 1. The number of likely N-dealkylation sites (tertiary alicyclic amines) is 1. The lowest BCUT2D eigenvalue weighted by Gasteiger charge is -2.31. The summed E-state index contributed by atoms with van der Waals surface area (Å²) in [5, 5.41) is 11.8. The van der Waals surface area contributed by atoms with Crippen molar-refractivity contribution in [3.05, 3.63) is 0 Å². The maximum atomic E-state index is 8.42. The van der Waals surface area contributed by atoms with Gasteiger partial charge in [-0.2, -0.15) is 5.26 Å². The molecule has 80 valence electrons. The van der Waals surface area contributed by atoms with Crippen LogP contribution in [-0.4, -0.2) is 36.1 Å². The van der Waals surface area contributed by atoms with Gasteiger partial charge in [-0.3, -0.25) is 4.90 Å². The van der Waals surface area contributed by atoms with Crippen LogP contribution in [0.25, 0.3) is 0 Å². The van der Waals surface area contributed by atoms with Gasteiger partial charge in [-0.15, -0.1) is 0 Å². The Morgan fingerprint density at radius 2 is 2.21 bits per heavy atom. The van der Waals surface area contributed by atoms with Crippen LogP contribution in [0.5, 0.6) is 0 Å². The van der Waals surface area contributed by atoms with Crippen molar-refractivity contribution in [3.8, 4) is 6.07 Å². The van der Waals surface area contributed by atoms with Gasteiger partial charge in [0.1, 0.15) is 0 Å². The van der Waals surface area contributed by atoms with Crippen LogP contribution < -0.4 is 5.32 Å². The second kappa shape index (κ2) is 4.77. The van der Waals surface area contributed by atoms with E-state index in [1.165, 1.54) is 13.0 Å². The van der Waals surface area contributed by atoms with Crippen LogP contribution >= 0.6 is 0 Å². The van der Waals surface area contributed by atoms with Crippen LogP contribution in [0.15, 0.2) is 0 Å². The molecular weight excluding hydrogens is 174 g/mol. The average Bonchev–Trinajstić information content (AvgIpc) is 2.52. The third-order valence-electron chi connectivity index (χ3n) is 2.81. The summed E-state index contributed by atoms with van der Waals surface area (Å²) in [5.41, 5.74) is 0.283. The predicted octanol–water partition coefficient (Wildman–Crippen LogP) is 1.36. The molecule has 1 atom stereocenters. The summed E-state index contributed by atoms with van der Waals surface area (Å²) in [6, 6.07) is 2.74. The molecular formula is C11H21N3. The Morgan fingerprint density at radius 1 is 1.50 bits per heavy atom. The van der Waals surface area contributed by atoms with Crippen LogP contribution in [0, 0.1) is 11.3 Å². The van der Waals surface area contributed by atoms with Crippen LogP contribution in [0.3, 0.4) is 0 Å². The maximum absolute atomic E-state index is 8.42. The van der Waals surface area contributed by atoms with E-state index in [9.17, 15) is 0 Å². The Bertz CT molecular complexity index is 212. The topological polar surface area (TPSA) is 39.1 Å². The van der Waals surface area contributed by atoms with Crippen molar-refractivity contribution in [2.45, 2.75) is 45.2 Å². The first-order valence-electron chi connectivity index (χ1n) is 5.39. The van der Waals surface area contributed by atoms with E-state index in [4.69, 9.17) is 5.26 Å². The smallest absolute Gasteiger partial charge is 0.0635 e. The maximum Gasteiger partial charge on any atom is 0.0635 e. The molecule has 14 heavy (non-hydrogen) atoms. The zero-order chi connectivity index (χ0) is 10.6. The molecule has 0 saturated carbocycles. The molecule has 1 saturated heterocycles. The second-order valence-corrected chi connectivity index (χ2v) is 4.96. The molecule has 3 nitrogen and oxygen atoms in total. The van der Waals surface area contributed by atoms with Crippen molar-refractivity contribution in [1.29, 1.82) is 5.26 Å². The van der Waals surface area contributed by atoms with Crippen LogP contribution in [0.1, 0.15) is 33.6 Å². The van der Waals surface area contributed by atoms with E-state index in [1.807, 2.05) is 0 Å². The molecule has 0 aromatic rings. The van der Waals surface area contributed by atoms with E-state index in [-0.39, 0.29) is 5.54 Å². The Balaban J connectivity index is 2.25. The van der Waals surface area contributed by atoms with Crippen molar-refractivity contribution >= 4 is 0 Å². The van der Waals surface area contributed by atoms with Crippen molar-refractivity contribution in [3.63, 3.8) is 0 Å².